The zero-order chi connectivity index (χ0) is 19.5. The lowest BCUT2D eigenvalue weighted by Crippen LogP contribution is -2.58. The molecule has 1 saturated carbocycles. The third-order valence-corrected chi connectivity index (χ3v) is 5.89. The SMILES string of the molecule is O=C1NC(=O)N(C2CCCCC2)C(=O)C1=Cc1ccc(N2CCCCCC2)o1. The van der Waals surface area contributed by atoms with Crippen LogP contribution in [0.1, 0.15) is 63.5 Å². The van der Waals surface area contributed by atoms with Crippen LogP contribution in [0.2, 0.25) is 0 Å². The molecule has 150 valence electrons. The predicted octanol–water partition coefficient (Wildman–Crippen LogP) is 3.45. The summed E-state index contributed by atoms with van der Waals surface area (Å²) in [5.41, 5.74) is -0.0399. The molecule has 3 aliphatic rings. The fraction of sp³-hybridized carbons (Fsp3) is 0.571. The Bertz CT molecular complexity index is 783. The topological polar surface area (TPSA) is 82.9 Å². The highest BCUT2D eigenvalue weighted by atomic mass is 16.4. The first kappa shape index (κ1) is 18.8. The molecule has 0 spiro atoms. The lowest BCUT2D eigenvalue weighted by molar-refractivity contribution is -0.132. The van der Waals surface area contributed by atoms with E-state index in [2.05, 4.69) is 10.2 Å². The van der Waals surface area contributed by atoms with E-state index in [-0.39, 0.29) is 11.6 Å². The van der Waals surface area contributed by atoms with E-state index in [1.165, 1.54) is 23.8 Å². The minimum Gasteiger partial charge on any atom is -0.441 e. The monoisotopic (exact) mass is 385 g/mol. The normalized spacial score (nSPS) is 23.9. The molecule has 0 atom stereocenters. The number of nitrogens with one attached hydrogen (secondary N) is 1. The molecular formula is C21H27N3O4. The number of hydrogen-bond donors (Lipinski definition) is 1. The van der Waals surface area contributed by atoms with Crippen LogP contribution in [-0.4, -0.2) is 41.9 Å². The number of imide groups is 2. The average Bonchev–Trinajstić information content (AvgIpc) is 2.98. The van der Waals surface area contributed by atoms with E-state index in [9.17, 15) is 14.4 Å². The van der Waals surface area contributed by atoms with E-state index in [4.69, 9.17) is 4.42 Å². The zero-order valence-electron chi connectivity index (χ0n) is 16.1. The van der Waals surface area contributed by atoms with E-state index < -0.39 is 17.8 Å². The van der Waals surface area contributed by atoms with Crippen molar-refractivity contribution >= 4 is 29.8 Å². The van der Waals surface area contributed by atoms with Crippen LogP contribution in [-0.2, 0) is 9.59 Å². The van der Waals surface area contributed by atoms with Crippen LogP contribution in [0.4, 0.5) is 10.7 Å². The number of rotatable bonds is 3. The quantitative estimate of drug-likeness (QED) is 0.636. The highest BCUT2D eigenvalue weighted by molar-refractivity contribution is 6.31. The van der Waals surface area contributed by atoms with Gasteiger partial charge in [-0.2, -0.15) is 0 Å². The van der Waals surface area contributed by atoms with Crippen molar-refractivity contribution in [2.45, 2.75) is 63.8 Å². The molecule has 1 aromatic rings. The van der Waals surface area contributed by atoms with Gasteiger partial charge in [-0.3, -0.25) is 19.8 Å². The Kier molecular flexibility index (Phi) is 5.50. The van der Waals surface area contributed by atoms with E-state index in [1.54, 1.807) is 6.07 Å². The van der Waals surface area contributed by atoms with Gasteiger partial charge in [0.05, 0.1) is 0 Å². The van der Waals surface area contributed by atoms with Crippen LogP contribution in [0.25, 0.3) is 6.08 Å². The molecule has 7 nitrogen and oxygen atoms in total. The summed E-state index contributed by atoms with van der Waals surface area (Å²) in [5, 5.41) is 2.31. The van der Waals surface area contributed by atoms with Gasteiger partial charge in [0, 0.05) is 25.2 Å². The van der Waals surface area contributed by atoms with Gasteiger partial charge in [-0.25, -0.2) is 4.79 Å². The van der Waals surface area contributed by atoms with Crippen LogP contribution in [0.3, 0.4) is 0 Å². The lowest BCUT2D eigenvalue weighted by atomic mass is 9.93. The van der Waals surface area contributed by atoms with Gasteiger partial charge >= 0.3 is 6.03 Å². The number of carbonyl (C=O) groups excluding carboxylic acids is 3. The molecule has 4 amide bonds. The van der Waals surface area contributed by atoms with Gasteiger partial charge in [-0.1, -0.05) is 32.1 Å². The summed E-state index contributed by atoms with van der Waals surface area (Å²) in [6.07, 6.45) is 10.9. The molecule has 28 heavy (non-hydrogen) atoms. The van der Waals surface area contributed by atoms with Crippen molar-refractivity contribution in [2.24, 2.45) is 0 Å². The first-order valence-electron chi connectivity index (χ1n) is 10.4. The zero-order valence-corrected chi connectivity index (χ0v) is 16.1. The third kappa shape index (κ3) is 3.84. The van der Waals surface area contributed by atoms with Gasteiger partial charge < -0.3 is 9.32 Å². The third-order valence-electron chi connectivity index (χ3n) is 5.89. The summed E-state index contributed by atoms with van der Waals surface area (Å²) < 4.78 is 5.90. The Morgan fingerprint density at radius 1 is 0.929 bits per heavy atom. The van der Waals surface area contributed by atoms with Gasteiger partial charge in [0.1, 0.15) is 11.3 Å². The second kappa shape index (κ2) is 8.20. The number of anilines is 1. The smallest absolute Gasteiger partial charge is 0.331 e. The van der Waals surface area contributed by atoms with Crippen LogP contribution in [0.15, 0.2) is 22.1 Å². The molecule has 0 aromatic carbocycles. The number of barbiturate groups is 1. The molecule has 3 heterocycles. The molecule has 1 N–H and O–H groups in total. The van der Waals surface area contributed by atoms with E-state index >= 15 is 0 Å². The van der Waals surface area contributed by atoms with Crippen molar-refractivity contribution < 1.29 is 18.8 Å². The van der Waals surface area contributed by atoms with E-state index in [1.807, 2.05) is 6.07 Å². The molecule has 0 radical (unpaired) electrons. The van der Waals surface area contributed by atoms with Crippen molar-refractivity contribution in [2.75, 3.05) is 18.0 Å². The highest BCUT2D eigenvalue weighted by Crippen LogP contribution is 2.28. The standard InChI is InChI=1S/C21H27N3O4/c25-19-17(20(26)24(21(27)22-19)15-8-4-3-5-9-15)14-16-10-11-18(28-16)23-12-6-1-2-7-13-23/h10-11,14-15H,1-9,12-13H2,(H,22,25,27). The van der Waals surface area contributed by atoms with E-state index in [0.29, 0.717) is 5.76 Å². The number of carbonyl (C=O) groups is 3. The van der Waals surface area contributed by atoms with Crippen LogP contribution in [0.5, 0.6) is 0 Å². The summed E-state index contributed by atoms with van der Waals surface area (Å²) in [6, 6.07) is 2.91. The second-order valence-electron chi connectivity index (χ2n) is 7.86. The number of hydrogen-bond acceptors (Lipinski definition) is 5. The van der Waals surface area contributed by atoms with E-state index in [0.717, 1.165) is 63.9 Å². The van der Waals surface area contributed by atoms with Gasteiger partial charge in [0.15, 0.2) is 5.88 Å². The fourth-order valence-electron chi connectivity index (χ4n) is 4.37. The fourth-order valence-corrected chi connectivity index (χ4v) is 4.37. The summed E-state index contributed by atoms with van der Waals surface area (Å²) >= 11 is 0. The van der Waals surface area contributed by atoms with Crippen LogP contribution < -0.4 is 10.2 Å². The molecule has 3 fully saturated rings. The Labute approximate surface area is 164 Å². The molecule has 2 saturated heterocycles. The molecule has 0 bridgehead atoms. The number of furan rings is 1. The molecule has 2 aliphatic heterocycles. The number of nitrogens with zero attached hydrogens (tertiary/aromatic N) is 2. The summed E-state index contributed by atoms with van der Waals surface area (Å²) in [6.45, 7) is 1.90. The lowest BCUT2D eigenvalue weighted by Gasteiger charge is -2.35. The maximum Gasteiger partial charge on any atom is 0.331 e. The molecule has 4 rings (SSSR count). The number of amides is 4. The average molecular weight is 385 g/mol. The Hall–Kier alpha value is -2.57. The molecule has 0 unspecified atom stereocenters. The van der Waals surface area contributed by atoms with Crippen molar-refractivity contribution in [1.29, 1.82) is 0 Å². The highest BCUT2D eigenvalue weighted by Gasteiger charge is 2.40. The largest absolute Gasteiger partial charge is 0.441 e. The van der Waals surface area contributed by atoms with Crippen molar-refractivity contribution in [3.05, 3.63) is 23.5 Å². The van der Waals surface area contributed by atoms with Crippen LogP contribution >= 0.6 is 0 Å². The van der Waals surface area contributed by atoms with Gasteiger partial charge in [0.25, 0.3) is 11.8 Å². The Morgan fingerprint density at radius 3 is 2.32 bits per heavy atom. The Balaban J connectivity index is 1.55. The molecule has 7 heteroatoms. The summed E-state index contributed by atoms with van der Waals surface area (Å²) in [4.78, 5) is 40.9. The molecular weight excluding hydrogens is 358 g/mol. The minimum absolute atomic E-state index is 0.0399. The summed E-state index contributed by atoms with van der Waals surface area (Å²) in [7, 11) is 0. The minimum atomic E-state index is -0.658. The maximum atomic E-state index is 12.9. The predicted molar refractivity (Wildman–Crippen MR) is 105 cm³/mol. The van der Waals surface area contributed by atoms with Gasteiger partial charge in [-0.05, 0) is 37.8 Å². The van der Waals surface area contributed by atoms with Crippen molar-refractivity contribution in [3.63, 3.8) is 0 Å². The van der Waals surface area contributed by atoms with Crippen molar-refractivity contribution in [1.82, 2.24) is 10.2 Å². The first-order chi connectivity index (χ1) is 13.6. The Morgan fingerprint density at radius 2 is 1.61 bits per heavy atom. The molecule has 1 aromatic heterocycles. The van der Waals surface area contributed by atoms with Gasteiger partial charge in [-0.15, -0.1) is 0 Å². The van der Waals surface area contributed by atoms with Gasteiger partial charge in [0.2, 0.25) is 0 Å². The van der Waals surface area contributed by atoms with Crippen molar-refractivity contribution in [3.8, 4) is 0 Å². The molecule has 1 aliphatic carbocycles. The first-order valence-corrected chi connectivity index (χ1v) is 10.4. The second-order valence-corrected chi connectivity index (χ2v) is 7.86. The summed E-state index contributed by atoms with van der Waals surface area (Å²) in [5.74, 6) is 0.0384. The maximum absolute atomic E-state index is 12.9. The van der Waals surface area contributed by atoms with Crippen LogP contribution in [0, 0.1) is 0 Å². The number of urea groups is 1.